The number of carbonyl (C=O) groups is 2. The lowest BCUT2D eigenvalue weighted by Gasteiger charge is -2.33. The highest BCUT2D eigenvalue weighted by Gasteiger charge is 2.32. The topological polar surface area (TPSA) is 67.9 Å². The van der Waals surface area contributed by atoms with Crippen molar-refractivity contribution < 1.29 is 19.1 Å². The van der Waals surface area contributed by atoms with Crippen LogP contribution in [-0.4, -0.2) is 25.0 Å². The molecule has 158 valence electrons. The number of amides is 2. The van der Waals surface area contributed by atoms with Crippen LogP contribution in [0.5, 0.6) is 11.5 Å². The first-order valence-electron chi connectivity index (χ1n) is 10.1. The van der Waals surface area contributed by atoms with Gasteiger partial charge in [0.05, 0.1) is 19.3 Å². The normalized spacial score (nSPS) is 15.1. The molecule has 31 heavy (non-hydrogen) atoms. The van der Waals surface area contributed by atoms with E-state index < -0.39 is 6.10 Å². The Morgan fingerprint density at radius 2 is 1.84 bits per heavy atom. The van der Waals surface area contributed by atoms with E-state index in [2.05, 4.69) is 5.32 Å². The maximum Gasteiger partial charge on any atom is 0.268 e. The van der Waals surface area contributed by atoms with Crippen molar-refractivity contribution in [3.63, 3.8) is 0 Å². The number of aryl methyl sites for hydroxylation is 1. The molecule has 2 amide bonds. The van der Waals surface area contributed by atoms with Gasteiger partial charge in [0.2, 0.25) is 0 Å². The third kappa shape index (κ3) is 4.23. The van der Waals surface area contributed by atoms with Crippen LogP contribution in [0.4, 0.5) is 11.4 Å². The highest BCUT2D eigenvalue weighted by molar-refractivity contribution is 6.05. The van der Waals surface area contributed by atoms with Crippen LogP contribution in [0.25, 0.3) is 0 Å². The van der Waals surface area contributed by atoms with Crippen molar-refractivity contribution in [1.82, 2.24) is 0 Å². The van der Waals surface area contributed by atoms with Crippen LogP contribution in [0.2, 0.25) is 0 Å². The third-order valence-electron chi connectivity index (χ3n) is 5.37. The number of nitrogens with one attached hydrogen (secondary N) is 1. The lowest BCUT2D eigenvalue weighted by molar-refractivity contribution is -0.125. The van der Waals surface area contributed by atoms with E-state index in [9.17, 15) is 9.59 Å². The highest BCUT2D eigenvalue weighted by atomic mass is 16.5. The van der Waals surface area contributed by atoms with Gasteiger partial charge in [-0.2, -0.15) is 0 Å². The van der Waals surface area contributed by atoms with Crippen LogP contribution in [0.1, 0.15) is 28.4 Å². The number of nitrogens with zero attached hydrogens (tertiary/aromatic N) is 1. The number of methoxy groups -OCH3 is 1. The van der Waals surface area contributed by atoms with Gasteiger partial charge < -0.3 is 19.7 Å². The fraction of sp³-hybridized carbons (Fsp3) is 0.200. The van der Waals surface area contributed by atoms with Crippen LogP contribution in [0.15, 0.2) is 66.7 Å². The predicted octanol–water partition coefficient (Wildman–Crippen LogP) is 4.57. The molecule has 0 radical (unpaired) electrons. The van der Waals surface area contributed by atoms with Crippen molar-refractivity contribution in [2.45, 2.75) is 26.5 Å². The van der Waals surface area contributed by atoms with Crippen LogP contribution >= 0.6 is 0 Å². The Hall–Kier alpha value is -3.80. The van der Waals surface area contributed by atoms with E-state index in [1.807, 2.05) is 31.2 Å². The van der Waals surface area contributed by atoms with Gasteiger partial charge in [0.25, 0.3) is 11.8 Å². The molecule has 0 fully saturated rings. The Bertz CT molecular complexity index is 1120. The molecule has 4 rings (SSSR count). The Labute approximate surface area is 181 Å². The van der Waals surface area contributed by atoms with Crippen molar-refractivity contribution in [1.29, 1.82) is 0 Å². The first-order valence-corrected chi connectivity index (χ1v) is 10.1. The molecule has 0 bridgehead atoms. The van der Waals surface area contributed by atoms with Gasteiger partial charge in [0.1, 0.15) is 11.5 Å². The molecular weight excluding hydrogens is 392 g/mol. The Balaban J connectivity index is 1.61. The van der Waals surface area contributed by atoms with Crippen LogP contribution in [0, 0.1) is 6.92 Å². The molecule has 6 nitrogen and oxygen atoms in total. The zero-order valence-corrected chi connectivity index (χ0v) is 17.7. The van der Waals surface area contributed by atoms with E-state index in [0.717, 1.165) is 11.1 Å². The Morgan fingerprint density at radius 1 is 1.10 bits per heavy atom. The molecule has 6 heteroatoms. The number of benzene rings is 3. The number of hydrogen-bond acceptors (Lipinski definition) is 4. The second-order valence-electron chi connectivity index (χ2n) is 7.48. The van der Waals surface area contributed by atoms with Crippen molar-refractivity contribution in [2.24, 2.45) is 0 Å². The van der Waals surface area contributed by atoms with Gasteiger partial charge in [-0.25, -0.2) is 0 Å². The molecule has 1 unspecified atom stereocenters. The van der Waals surface area contributed by atoms with Crippen LogP contribution in [0.3, 0.4) is 0 Å². The number of fused-ring (bicyclic) bond motifs is 1. The molecule has 0 aliphatic carbocycles. The summed E-state index contributed by atoms with van der Waals surface area (Å²) < 4.78 is 10.9. The minimum Gasteiger partial charge on any atom is -0.497 e. The zero-order valence-electron chi connectivity index (χ0n) is 17.7. The SMILES string of the molecule is COc1ccc(C(=O)Nc2ccc3c(c2)N(Cc2ccccc2C)C(=O)C(C)O3)cc1. The zero-order chi connectivity index (χ0) is 22.0. The predicted molar refractivity (Wildman–Crippen MR) is 120 cm³/mol. The van der Waals surface area contributed by atoms with E-state index in [0.29, 0.717) is 35.0 Å². The van der Waals surface area contributed by atoms with E-state index in [1.165, 1.54) is 0 Å². The summed E-state index contributed by atoms with van der Waals surface area (Å²) in [4.78, 5) is 27.3. The quantitative estimate of drug-likeness (QED) is 0.662. The number of ether oxygens (including phenoxy) is 2. The molecule has 3 aromatic rings. The lowest BCUT2D eigenvalue weighted by Crippen LogP contribution is -2.44. The average molecular weight is 416 g/mol. The molecule has 1 atom stereocenters. The largest absolute Gasteiger partial charge is 0.497 e. The van der Waals surface area contributed by atoms with Gasteiger partial charge in [-0.1, -0.05) is 24.3 Å². The Morgan fingerprint density at radius 3 is 2.55 bits per heavy atom. The first kappa shape index (κ1) is 20.5. The maximum atomic E-state index is 12.9. The summed E-state index contributed by atoms with van der Waals surface area (Å²) >= 11 is 0. The summed E-state index contributed by atoms with van der Waals surface area (Å²) in [7, 11) is 1.58. The fourth-order valence-electron chi connectivity index (χ4n) is 3.55. The standard InChI is InChI=1S/C25H24N2O4/c1-16-6-4-5-7-19(16)15-27-22-14-20(10-13-23(22)31-17(2)25(27)29)26-24(28)18-8-11-21(30-3)12-9-18/h4-14,17H,15H2,1-3H3,(H,26,28). The summed E-state index contributed by atoms with van der Waals surface area (Å²) in [5.41, 5.74) is 3.90. The molecule has 0 saturated heterocycles. The number of carbonyl (C=O) groups excluding carboxylic acids is 2. The molecule has 0 aromatic heterocycles. The molecule has 1 N–H and O–H groups in total. The smallest absolute Gasteiger partial charge is 0.268 e. The molecule has 3 aromatic carbocycles. The summed E-state index contributed by atoms with van der Waals surface area (Å²) in [6.45, 7) is 4.20. The summed E-state index contributed by atoms with van der Waals surface area (Å²) in [5.74, 6) is 0.934. The average Bonchev–Trinajstić information content (AvgIpc) is 2.78. The number of hydrogen-bond donors (Lipinski definition) is 1. The summed E-state index contributed by atoms with van der Waals surface area (Å²) in [5, 5.41) is 2.89. The molecule has 1 heterocycles. The second kappa shape index (κ2) is 8.52. The summed E-state index contributed by atoms with van der Waals surface area (Å²) in [6.07, 6.45) is -0.573. The van der Waals surface area contributed by atoms with Crippen LogP contribution < -0.4 is 19.7 Å². The lowest BCUT2D eigenvalue weighted by atomic mass is 10.1. The Kier molecular flexibility index (Phi) is 5.62. The molecule has 1 aliphatic rings. The van der Waals surface area contributed by atoms with Gasteiger partial charge in [0.15, 0.2) is 6.10 Å². The van der Waals surface area contributed by atoms with Gasteiger partial charge in [-0.05, 0) is 67.4 Å². The molecule has 0 spiro atoms. The molecule has 0 saturated carbocycles. The fourth-order valence-corrected chi connectivity index (χ4v) is 3.55. The van der Waals surface area contributed by atoms with E-state index in [-0.39, 0.29) is 11.8 Å². The van der Waals surface area contributed by atoms with E-state index in [1.54, 1.807) is 61.4 Å². The van der Waals surface area contributed by atoms with E-state index in [4.69, 9.17) is 9.47 Å². The van der Waals surface area contributed by atoms with Crippen molar-refractivity contribution in [2.75, 3.05) is 17.3 Å². The first-order chi connectivity index (χ1) is 15.0. The summed E-state index contributed by atoms with van der Waals surface area (Å²) in [6, 6.07) is 20.2. The molecule has 1 aliphatic heterocycles. The van der Waals surface area contributed by atoms with E-state index >= 15 is 0 Å². The number of rotatable bonds is 5. The van der Waals surface area contributed by atoms with Gasteiger partial charge in [0, 0.05) is 11.3 Å². The third-order valence-corrected chi connectivity index (χ3v) is 5.37. The van der Waals surface area contributed by atoms with Crippen molar-refractivity contribution >= 4 is 23.2 Å². The van der Waals surface area contributed by atoms with Gasteiger partial charge >= 0.3 is 0 Å². The van der Waals surface area contributed by atoms with Crippen molar-refractivity contribution in [3.05, 3.63) is 83.4 Å². The highest BCUT2D eigenvalue weighted by Crippen LogP contribution is 2.37. The molecular formula is C25H24N2O4. The van der Waals surface area contributed by atoms with Gasteiger partial charge in [-0.3, -0.25) is 9.59 Å². The van der Waals surface area contributed by atoms with Gasteiger partial charge in [-0.15, -0.1) is 0 Å². The minimum atomic E-state index is -0.573. The maximum absolute atomic E-state index is 12.9. The van der Waals surface area contributed by atoms with Crippen molar-refractivity contribution in [3.8, 4) is 11.5 Å². The minimum absolute atomic E-state index is 0.116. The second-order valence-corrected chi connectivity index (χ2v) is 7.48. The number of anilines is 2. The van der Waals surface area contributed by atoms with Crippen LogP contribution in [-0.2, 0) is 11.3 Å². The monoisotopic (exact) mass is 416 g/mol.